The van der Waals surface area contributed by atoms with Gasteiger partial charge in [0.25, 0.3) is 0 Å². The fraction of sp³-hybridized carbons (Fsp3) is 0.474. The standard InChI is InChI=1S/C19H28N6O/c1-4-26-16-8-6-5-7-15(16)23-18-17(20)19(22-13-21-18)25(3)14-9-11-24(2)12-10-14/h5-8,13-14H,4,9-12,20H2,1-3H3,(H,21,22,23). The Bertz CT molecular complexity index is 730. The zero-order chi connectivity index (χ0) is 18.5. The number of ether oxygens (including phenoxy) is 1. The molecule has 3 rings (SSSR count). The van der Waals surface area contributed by atoms with Crippen molar-refractivity contribution in [1.82, 2.24) is 14.9 Å². The molecule has 1 saturated heterocycles. The van der Waals surface area contributed by atoms with Gasteiger partial charge in [0.05, 0.1) is 12.3 Å². The summed E-state index contributed by atoms with van der Waals surface area (Å²) < 4.78 is 5.67. The van der Waals surface area contributed by atoms with Crippen LogP contribution in [-0.2, 0) is 0 Å². The van der Waals surface area contributed by atoms with Crippen LogP contribution in [-0.4, -0.2) is 54.7 Å². The van der Waals surface area contributed by atoms with Gasteiger partial charge in [0, 0.05) is 13.1 Å². The van der Waals surface area contributed by atoms with E-state index in [1.54, 1.807) is 6.33 Å². The van der Waals surface area contributed by atoms with Crippen molar-refractivity contribution >= 4 is 23.0 Å². The van der Waals surface area contributed by atoms with Crippen LogP contribution in [0.3, 0.4) is 0 Å². The van der Waals surface area contributed by atoms with Crippen LogP contribution in [0.2, 0.25) is 0 Å². The summed E-state index contributed by atoms with van der Waals surface area (Å²) in [6, 6.07) is 8.21. The Labute approximate surface area is 155 Å². The minimum absolute atomic E-state index is 0.437. The molecule has 1 aliphatic rings. The van der Waals surface area contributed by atoms with Gasteiger partial charge in [-0.15, -0.1) is 0 Å². The zero-order valence-corrected chi connectivity index (χ0v) is 15.8. The minimum atomic E-state index is 0.437. The maximum absolute atomic E-state index is 6.41. The lowest BCUT2D eigenvalue weighted by Gasteiger charge is -2.36. The van der Waals surface area contributed by atoms with Crippen molar-refractivity contribution in [1.29, 1.82) is 0 Å². The molecule has 0 bridgehead atoms. The van der Waals surface area contributed by atoms with Gasteiger partial charge in [0.15, 0.2) is 11.6 Å². The van der Waals surface area contributed by atoms with Crippen molar-refractivity contribution in [2.75, 3.05) is 49.7 Å². The third-order valence-corrected chi connectivity index (χ3v) is 4.87. The first-order chi connectivity index (χ1) is 12.6. The van der Waals surface area contributed by atoms with E-state index in [-0.39, 0.29) is 0 Å². The Balaban J connectivity index is 1.81. The highest BCUT2D eigenvalue weighted by molar-refractivity contribution is 5.79. The van der Waals surface area contributed by atoms with E-state index in [0.29, 0.717) is 24.2 Å². The van der Waals surface area contributed by atoms with Crippen molar-refractivity contribution < 1.29 is 4.74 Å². The molecule has 0 unspecified atom stereocenters. The first-order valence-corrected chi connectivity index (χ1v) is 9.10. The second kappa shape index (κ2) is 8.23. The number of hydrogen-bond acceptors (Lipinski definition) is 7. The molecule has 7 heteroatoms. The number of nitrogen functional groups attached to an aromatic ring is 1. The molecule has 1 aromatic carbocycles. The second-order valence-corrected chi connectivity index (χ2v) is 6.66. The van der Waals surface area contributed by atoms with Crippen molar-refractivity contribution in [3.8, 4) is 5.75 Å². The van der Waals surface area contributed by atoms with Gasteiger partial charge in [-0.1, -0.05) is 12.1 Å². The van der Waals surface area contributed by atoms with Crippen LogP contribution in [0.15, 0.2) is 30.6 Å². The molecular weight excluding hydrogens is 328 g/mol. The third kappa shape index (κ3) is 3.99. The van der Waals surface area contributed by atoms with Crippen LogP contribution in [0.25, 0.3) is 0 Å². The highest BCUT2D eigenvalue weighted by Gasteiger charge is 2.24. The van der Waals surface area contributed by atoms with E-state index < -0.39 is 0 Å². The lowest BCUT2D eigenvalue weighted by molar-refractivity contribution is 0.252. The second-order valence-electron chi connectivity index (χ2n) is 6.66. The van der Waals surface area contributed by atoms with Crippen LogP contribution in [0, 0.1) is 0 Å². The lowest BCUT2D eigenvalue weighted by atomic mass is 10.0. The van der Waals surface area contributed by atoms with Gasteiger partial charge in [-0.25, -0.2) is 9.97 Å². The van der Waals surface area contributed by atoms with E-state index >= 15 is 0 Å². The van der Waals surface area contributed by atoms with Crippen LogP contribution in [0.1, 0.15) is 19.8 Å². The molecule has 0 spiro atoms. The topological polar surface area (TPSA) is 79.5 Å². The Morgan fingerprint density at radius 2 is 2.00 bits per heavy atom. The third-order valence-electron chi connectivity index (χ3n) is 4.87. The minimum Gasteiger partial charge on any atom is -0.492 e. The summed E-state index contributed by atoms with van der Waals surface area (Å²) in [6.07, 6.45) is 3.77. The zero-order valence-electron chi connectivity index (χ0n) is 15.8. The van der Waals surface area contributed by atoms with Gasteiger partial charge in [0.1, 0.15) is 17.8 Å². The highest BCUT2D eigenvalue weighted by atomic mass is 16.5. The monoisotopic (exact) mass is 356 g/mol. The number of piperidine rings is 1. The number of benzene rings is 1. The Morgan fingerprint density at radius 3 is 2.73 bits per heavy atom. The molecule has 2 aromatic rings. The fourth-order valence-electron chi connectivity index (χ4n) is 3.30. The van der Waals surface area contributed by atoms with Crippen molar-refractivity contribution in [3.63, 3.8) is 0 Å². The molecule has 1 aliphatic heterocycles. The van der Waals surface area contributed by atoms with E-state index in [9.17, 15) is 0 Å². The van der Waals surface area contributed by atoms with E-state index in [1.165, 1.54) is 0 Å². The summed E-state index contributed by atoms with van der Waals surface area (Å²) in [6.45, 7) is 4.74. The molecule has 1 fully saturated rings. The van der Waals surface area contributed by atoms with Crippen molar-refractivity contribution in [2.45, 2.75) is 25.8 Å². The van der Waals surface area contributed by atoms with Crippen LogP contribution >= 0.6 is 0 Å². The first kappa shape index (κ1) is 18.3. The molecule has 0 atom stereocenters. The molecule has 2 heterocycles. The van der Waals surface area contributed by atoms with E-state index in [4.69, 9.17) is 10.5 Å². The number of anilines is 4. The summed E-state index contributed by atoms with van der Waals surface area (Å²) >= 11 is 0. The number of nitrogens with zero attached hydrogens (tertiary/aromatic N) is 4. The van der Waals surface area contributed by atoms with E-state index in [0.717, 1.165) is 43.2 Å². The van der Waals surface area contributed by atoms with Gasteiger partial charge in [-0.2, -0.15) is 0 Å². The summed E-state index contributed by atoms with van der Waals surface area (Å²) in [5.41, 5.74) is 7.81. The molecule has 26 heavy (non-hydrogen) atoms. The molecular formula is C19H28N6O. The smallest absolute Gasteiger partial charge is 0.159 e. The molecule has 0 amide bonds. The lowest BCUT2D eigenvalue weighted by Crippen LogP contribution is -2.42. The summed E-state index contributed by atoms with van der Waals surface area (Å²) in [5.74, 6) is 2.14. The van der Waals surface area contributed by atoms with E-state index in [2.05, 4.69) is 39.2 Å². The number of nitrogens with two attached hydrogens (primary N) is 1. The average molecular weight is 356 g/mol. The number of aromatic nitrogens is 2. The first-order valence-electron chi connectivity index (χ1n) is 9.10. The Morgan fingerprint density at radius 1 is 1.27 bits per heavy atom. The molecule has 0 aliphatic carbocycles. The van der Waals surface area contributed by atoms with Crippen LogP contribution < -0.4 is 20.7 Å². The van der Waals surface area contributed by atoms with Gasteiger partial charge < -0.3 is 25.6 Å². The Hall–Kier alpha value is -2.54. The molecule has 140 valence electrons. The molecule has 7 nitrogen and oxygen atoms in total. The molecule has 0 saturated carbocycles. The van der Waals surface area contributed by atoms with Gasteiger partial charge in [-0.3, -0.25) is 0 Å². The number of hydrogen-bond donors (Lipinski definition) is 2. The normalized spacial score (nSPS) is 15.7. The SMILES string of the molecule is CCOc1ccccc1Nc1ncnc(N(C)C2CCN(C)CC2)c1N. The summed E-state index contributed by atoms with van der Waals surface area (Å²) in [4.78, 5) is 13.3. The van der Waals surface area contributed by atoms with Gasteiger partial charge in [-0.05, 0) is 52.0 Å². The molecule has 1 aromatic heterocycles. The molecule has 3 N–H and O–H groups in total. The number of likely N-dealkylation sites (tertiary alicyclic amines) is 1. The number of para-hydroxylation sites is 2. The predicted molar refractivity (Wildman–Crippen MR) is 106 cm³/mol. The maximum Gasteiger partial charge on any atom is 0.159 e. The fourth-order valence-corrected chi connectivity index (χ4v) is 3.30. The largest absolute Gasteiger partial charge is 0.492 e. The quantitative estimate of drug-likeness (QED) is 0.824. The van der Waals surface area contributed by atoms with Crippen LogP contribution in [0.4, 0.5) is 23.0 Å². The van der Waals surface area contributed by atoms with E-state index in [1.807, 2.05) is 31.2 Å². The Kier molecular flexibility index (Phi) is 5.78. The van der Waals surface area contributed by atoms with Crippen molar-refractivity contribution in [2.24, 2.45) is 0 Å². The van der Waals surface area contributed by atoms with Crippen LogP contribution in [0.5, 0.6) is 5.75 Å². The predicted octanol–water partition coefficient (Wildman–Crippen LogP) is 2.73. The van der Waals surface area contributed by atoms with Gasteiger partial charge >= 0.3 is 0 Å². The summed E-state index contributed by atoms with van der Waals surface area (Å²) in [5, 5.41) is 3.29. The molecule has 0 radical (unpaired) electrons. The average Bonchev–Trinajstić information content (AvgIpc) is 2.65. The summed E-state index contributed by atoms with van der Waals surface area (Å²) in [7, 11) is 4.22. The van der Waals surface area contributed by atoms with Crippen molar-refractivity contribution in [3.05, 3.63) is 30.6 Å². The maximum atomic E-state index is 6.41. The number of nitrogens with one attached hydrogen (secondary N) is 1. The number of rotatable bonds is 6. The highest BCUT2D eigenvalue weighted by Crippen LogP contribution is 2.33. The van der Waals surface area contributed by atoms with Gasteiger partial charge in [0.2, 0.25) is 0 Å².